The lowest BCUT2D eigenvalue weighted by Gasteiger charge is -2.09. The molecule has 6 heteroatoms. The van der Waals surface area contributed by atoms with Gasteiger partial charge in [0.15, 0.2) is 0 Å². The van der Waals surface area contributed by atoms with Gasteiger partial charge in [0.05, 0.1) is 28.9 Å². The molecule has 0 radical (unpaired) electrons. The smallest absolute Gasteiger partial charge is 0.259 e. The van der Waals surface area contributed by atoms with Crippen LogP contribution in [-0.2, 0) is 6.54 Å². The summed E-state index contributed by atoms with van der Waals surface area (Å²) >= 11 is 0. The van der Waals surface area contributed by atoms with Crippen LogP contribution in [0.2, 0.25) is 0 Å². The summed E-state index contributed by atoms with van der Waals surface area (Å²) in [6, 6.07) is 7.54. The Balaban J connectivity index is 1.70. The molecule has 0 saturated heterocycles. The summed E-state index contributed by atoms with van der Waals surface area (Å²) < 4.78 is 5.43. The predicted molar refractivity (Wildman–Crippen MR) is 93.3 cm³/mol. The largest absolute Gasteiger partial charge is 0.346 e. The Morgan fingerprint density at radius 2 is 2.20 bits per heavy atom. The van der Waals surface area contributed by atoms with Crippen molar-refractivity contribution in [1.82, 2.24) is 20.4 Å². The molecule has 25 heavy (non-hydrogen) atoms. The van der Waals surface area contributed by atoms with Gasteiger partial charge in [0.1, 0.15) is 0 Å². The van der Waals surface area contributed by atoms with E-state index in [9.17, 15) is 4.79 Å². The summed E-state index contributed by atoms with van der Waals surface area (Å²) in [5.74, 6) is 0.432. The lowest BCUT2D eigenvalue weighted by atomic mass is 10.0. The third-order valence-electron chi connectivity index (χ3n) is 4.44. The van der Waals surface area contributed by atoms with Crippen LogP contribution < -0.4 is 5.32 Å². The Bertz CT molecular complexity index is 914. The molecule has 1 amide bonds. The van der Waals surface area contributed by atoms with E-state index >= 15 is 0 Å². The number of nitrogens with zero attached hydrogens (tertiary/aromatic N) is 3. The average molecular weight is 336 g/mol. The van der Waals surface area contributed by atoms with Gasteiger partial charge < -0.3 is 9.84 Å². The van der Waals surface area contributed by atoms with E-state index in [0.717, 1.165) is 35.3 Å². The Kier molecular flexibility index (Phi) is 3.95. The molecule has 0 aromatic carbocycles. The third kappa shape index (κ3) is 3.12. The highest BCUT2D eigenvalue weighted by atomic mass is 16.5. The van der Waals surface area contributed by atoms with Crippen LogP contribution in [0.4, 0.5) is 0 Å². The normalized spacial score (nSPS) is 14.2. The molecule has 6 nitrogen and oxygen atoms in total. The standard InChI is InChI=1S/C19H20N4O2/c1-11(2)17-16-14(18(24)21-10-13-5-3-4-8-20-13)9-15(12-6-7-12)22-19(16)25-23-17/h3-5,8-9,11-12H,6-7,10H2,1-2H3,(H,21,24). The van der Waals surface area contributed by atoms with Crippen LogP contribution in [0.5, 0.6) is 0 Å². The van der Waals surface area contributed by atoms with E-state index in [-0.39, 0.29) is 11.8 Å². The maximum atomic E-state index is 12.9. The van der Waals surface area contributed by atoms with E-state index in [4.69, 9.17) is 4.52 Å². The van der Waals surface area contributed by atoms with E-state index in [1.54, 1.807) is 6.20 Å². The minimum absolute atomic E-state index is 0.148. The first-order valence-electron chi connectivity index (χ1n) is 8.62. The van der Waals surface area contributed by atoms with Crippen molar-refractivity contribution in [2.75, 3.05) is 0 Å². The van der Waals surface area contributed by atoms with Crippen LogP contribution in [0.15, 0.2) is 35.0 Å². The van der Waals surface area contributed by atoms with Crippen molar-refractivity contribution in [3.63, 3.8) is 0 Å². The molecule has 0 atom stereocenters. The van der Waals surface area contributed by atoms with Crippen molar-refractivity contribution in [2.45, 2.75) is 45.1 Å². The molecule has 0 aliphatic heterocycles. The Morgan fingerprint density at radius 3 is 2.88 bits per heavy atom. The Labute approximate surface area is 145 Å². The van der Waals surface area contributed by atoms with Crippen molar-refractivity contribution in [1.29, 1.82) is 0 Å². The topological polar surface area (TPSA) is 80.9 Å². The van der Waals surface area contributed by atoms with Gasteiger partial charge in [-0.25, -0.2) is 4.98 Å². The highest BCUT2D eigenvalue weighted by molar-refractivity contribution is 6.06. The quantitative estimate of drug-likeness (QED) is 0.770. The first-order valence-corrected chi connectivity index (χ1v) is 8.62. The zero-order valence-corrected chi connectivity index (χ0v) is 14.3. The monoisotopic (exact) mass is 336 g/mol. The van der Waals surface area contributed by atoms with Gasteiger partial charge in [-0.15, -0.1) is 0 Å². The molecule has 3 aromatic heterocycles. The van der Waals surface area contributed by atoms with Crippen molar-refractivity contribution in [3.05, 3.63) is 53.1 Å². The number of pyridine rings is 2. The molecule has 0 unspecified atom stereocenters. The predicted octanol–water partition coefficient (Wildman–Crippen LogP) is 3.55. The van der Waals surface area contributed by atoms with Gasteiger partial charge in [-0.3, -0.25) is 9.78 Å². The van der Waals surface area contributed by atoms with Gasteiger partial charge in [-0.2, -0.15) is 0 Å². The molecule has 0 spiro atoms. The SMILES string of the molecule is CC(C)c1noc2nc(C3CC3)cc(C(=O)NCc3ccccn3)c12. The molecule has 1 N–H and O–H groups in total. The number of aromatic nitrogens is 3. The fourth-order valence-corrected chi connectivity index (χ4v) is 2.92. The third-order valence-corrected chi connectivity index (χ3v) is 4.44. The lowest BCUT2D eigenvalue weighted by molar-refractivity contribution is 0.0952. The molecule has 1 fully saturated rings. The number of nitrogens with one attached hydrogen (secondary N) is 1. The fraction of sp³-hybridized carbons (Fsp3) is 0.368. The molecule has 3 heterocycles. The van der Waals surface area contributed by atoms with Crippen LogP contribution in [0.1, 0.15) is 66.0 Å². The minimum Gasteiger partial charge on any atom is -0.346 e. The van der Waals surface area contributed by atoms with Crippen molar-refractivity contribution in [3.8, 4) is 0 Å². The molecule has 0 bridgehead atoms. The fourth-order valence-electron chi connectivity index (χ4n) is 2.92. The molecule has 3 aromatic rings. The van der Waals surface area contributed by atoms with Crippen molar-refractivity contribution in [2.24, 2.45) is 0 Å². The second kappa shape index (κ2) is 6.27. The van der Waals surface area contributed by atoms with Crippen LogP contribution in [0.25, 0.3) is 11.1 Å². The number of amides is 1. The molecule has 1 aliphatic carbocycles. The zero-order chi connectivity index (χ0) is 17.4. The summed E-state index contributed by atoms with van der Waals surface area (Å²) in [5, 5.41) is 7.82. The van der Waals surface area contributed by atoms with Gasteiger partial charge >= 0.3 is 0 Å². The Morgan fingerprint density at radius 1 is 1.36 bits per heavy atom. The van der Waals surface area contributed by atoms with E-state index < -0.39 is 0 Å². The summed E-state index contributed by atoms with van der Waals surface area (Å²) in [4.78, 5) is 21.7. The van der Waals surface area contributed by atoms with Crippen LogP contribution >= 0.6 is 0 Å². The van der Waals surface area contributed by atoms with E-state index in [1.807, 2.05) is 38.1 Å². The summed E-state index contributed by atoms with van der Waals surface area (Å²) in [5.41, 5.74) is 3.55. The summed E-state index contributed by atoms with van der Waals surface area (Å²) in [6.45, 7) is 4.44. The minimum atomic E-state index is -0.148. The van der Waals surface area contributed by atoms with Crippen LogP contribution in [0, 0.1) is 0 Å². The number of carbonyl (C=O) groups is 1. The number of hydrogen-bond acceptors (Lipinski definition) is 5. The molecule has 128 valence electrons. The number of rotatable bonds is 5. The highest BCUT2D eigenvalue weighted by Crippen LogP contribution is 2.41. The van der Waals surface area contributed by atoms with Gasteiger partial charge in [0, 0.05) is 17.8 Å². The van der Waals surface area contributed by atoms with E-state index in [1.165, 1.54) is 0 Å². The maximum Gasteiger partial charge on any atom is 0.259 e. The molecule has 4 rings (SSSR count). The first kappa shape index (κ1) is 15.7. The molecular weight excluding hydrogens is 316 g/mol. The average Bonchev–Trinajstić information content (AvgIpc) is 3.38. The number of fused-ring (bicyclic) bond motifs is 1. The highest BCUT2D eigenvalue weighted by Gasteiger charge is 2.29. The Hall–Kier alpha value is -2.76. The molecular formula is C19H20N4O2. The summed E-state index contributed by atoms with van der Waals surface area (Å²) in [7, 11) is 0. The van der Waals surface area contributed by atoms with Gasteiger partial charge in [0.2, 0.25) is 0 Å². The second-order valence-electron chi connectivity index (χ2n) is 6.78. The molecule has 1 saturated carbocycles. The van der Waals surface area contributed by atoms with Crippen molar-refractivity contribution < 1.29 is 9.32 Å². The van der Waals surface area contributed by atoms with E-state index in [0.29, 0.717) is 23.7 Å². The zero-order valence-electron chi connectivity index (χ0n) is 14.3. The maximum absolute atomic E-state index is 12.9. The van der Waals surface area contributed by atoms with Gasteiger partial charge in [-0.05, 0) is 37.0 Å². The van der Waals surface area contributed by atoms with E-state index in [2.05, 4.69) is 20.4 Å². The van der Waals surface area contributed by atoms with Gasteiger partial charge in [0.25, 0.3) is 11.6 Å². The number of carbonyl (C=O) groups excluding carboxylic acids is 1. The summed E-state index contributed by atoms with van der Waals surface area (Å²) in [6.07, 6.45) is 3.94. The lowest BCUT2D eigenvalue weighted by Crippen LogP contribution is -2.24. The van der Waals surface area contributed by atoms with Gasteiger partial charge in [-0.1, -0.05) is 25.1 Å². The second-order valence-corrected chi connectivity index (χ2v) is 6.78. The van der Waals surface area contributed by atoms with Crippen molar-refractivity contribution >= 4 is 17.0 Å². The first-order chi connectivity index (χ1) is 12.1. The van der Waals surface area contributed by atoms with Crippen LogP contribution in [-0.4, -0.2) is 21.0 Å². The molecule has 1 aliphatic rings. The van der Waals surface area contributed by atoms with Crippen LogP contribution in [0.3, 0.4) is 0 Å². The number of hydrogen-bond donors (Lipinski definition) is 1.